The largest absolute Gasteiger partial charge is 0.377 e. The van der Waals surface area contributed by atoms with E-state index in [9.17, 15) is 0 Å². The lowest BCUT2D eigenvalue weighted by Gasteiger charge is -2.22. The predicted molar refractivity (Wildman–Crippen MR) is 110 cm³/mol. The van der Waals surface area contributed by atoms with Crippen LogP contribution in [0.25, 0.3) is 11.4 Å². The van der Waals surface area contributed by atoms with Crippen molar-refractivity contribution in [3.05, 3.63) is 65.2 Å². The summed E-state index contributed by atoms with van der Waals surface area (Å²) in [6.45, 7) is 1.58. The zero-order valence-electron chi connectivity index (χ0n) is 15.1. The molecular weight excluding hydrogens is 378 g/mol. The van der Waals surface area contributed by atoms with Crippen LogP contribution >= 0.6 is 23.4 Å². The van der Waals surface area contributed by atoms with Crippen LogP contribution in [0.1, 0.15) is 24.8 Å². The maximum absolute atomic E-state index is 6.43. The molecule has 3 aromatic rings. The lowest BCUT2D eigenvalue weighted by molar-refractivity contribution is 0.0315. The molecule has 27 heavy (non-hydrogen) atoms. The van der Waals surface area contributed by atoms with Crippen LogP contribution in [0.3, 0.4) is 0 Å². The second kappa shape index (κ2) is 8.91. The normalized spacial score (nSPS) is 17.1. The third-order valence-electron chi connectivity index (χ3n) is 4.69. The fourth-order valence-corrected chi connectivity index (χ4v) is 4.48. The van der Waals surface area contributed by atoms with Crippen molar-refractivity contribution in [2.24, 2.45) is 0 Å². The van der Waals surface area contributed by atoms with E-state index in [1.54, 1.807) is 11.8 Å². The molecule has 2 heterocycles. The van der Waals surface area contributed by atoms with Crippen LogP contribution in [-0.2, 0) is 11.3 Å². The zero-order chi connectivity index (χ0) is 18.5. The second-order valence-electron chi connectivity index (χ2n) is 6.66. The summed E-state index contributed by atoms with van der Waals surface area (Å²) in [5.74, 6) is 1.70. The van der Waals surface area contributed by atoms with Crippen LogP contribution in [0.4, 0.5) is 0 Å². The lowest BCUT2D eigenvalue weighted by Crippen LogP contribution is -2.21. The number of ether oxygens (including phenoxy) is 1. The molecule has 1 aliphatic heterocycles. The molecule has 4 nitrogen and oxygen atoms in total. The Morgan fingerprint density at radius 1 is 1.04 bits per heavy atom. The maximum atomic E-state index is 6.43. The lowest BCUT2D eigenvalue weighted by atomic mass is 10.1. The van der Waals surface area contributed by atoms with E-state index in [4.69, 9.17) is 16.3 Å². The first-order chi connectivity index (χ1) is 13.3. The average Bonchev–Trinajstić information content (AvgIpc) is 3.10. The van der Waals surface area contributed by atoms with Crippen molar-refractivity contribution in [3.63, 3.8) is 0 Å². The zero-order valence-corrected chi connectivity index (χ0v) is 16.6. The number of hydrogen-bond acceptors (Lipinski definition) is 4. The molecule has 1 atom stereocenters. The van der Waals surface area contributed by atoms with E-state index in [1.165, 1.54) is 18.4 Å². The molecule has 1 saturated heterocycles. The Labute approximate surface area is 168 Å². The summed E-state index contributed by atoms with van der Waals surface area (Å²) in [6, 6.07) is 18.2. The van der Waals surface area contributed by atoms with Gasteiger partial charge in [-0.05, 0) is 37.0 Å². The molecule has 0 spiro atoms. The van der Waals surface area contributed by atoms with Gasteiger partial charge in [0, 0.05) is 17.9 Å². The topological polar surface area (TPSA) is 39.9 Å². The van der Waals surface area contributed by atoms with Crippen LogP contribution in [0.15, 0.2) is 59.8 Å². The molecule has 140 valence electrons. The van der Waals surface area contributed by atoms with E-state index in [-0.39, 0.29) is 0 Å². The summed E-state index contributed by atoms with van der Waals surface area (Å²) in [4.78, 5) is 0. The average molecular weight is 400 g/mol. The third kappa shape index (κ3) is 4.54. The first-order valence-electron chi connectivity index (χ1n) is 9.27. The molecule has 1 aromatic heterocycles. The smallest absolute Gasteiger partial charge is 0.191 e. The van der Waals surface area contributed by atoms with Gasteiger partial charge in [-0.1, -0.05) is 65.8 Å². The molecule has 1 fully saturated rings. The monoisotopic (exact) mass is 399 g/mol. The number of benzene rings is 2. The van der Waals surface area contributed by atoms with Gasteiger partial charge in [0.1, 0.15) is 0 Å². The van der Waals surface area contributed by atoms with Crippen molar-refractivity contribution < 1.29 is 4.74 Å². The van der Waals surface area contributed by atoms with Crippen LogP contribution in [0.5, 0.6) is 0 Å². The summed E-state index contributed by atoms with van der Waals surface area (Å²) in [5, 5.41) is 10.5. The fraction of sp³-hybridized carbons (Fsp3) is 0.333. The Balaban J connectivity index is 1.63. The fourth-order valence-electron chi connectivity index (χ4n) is 3.25. The first-order valence-corrected chi connectivity index (χ1v) is 10.6. The Hall–Kier alpha value is -1.82. The summed E-state index contributed by atoms with van der Waals surface area (Å²) >= 11 is 8.15. The van der Waals surface area contributed by atoms with Gasteiger partial charge in [-0.2, -0.15) is 0 Å². The van der Waals surface area contributed by atoms with Gasteiger partial charge >= 0.3 is 0 Å². The van der Waals surface area contributed by atoms with E-state index < -0.39 is 0 Å². The number of aromatic nitrogens is 3. The van der Waals surface area contributed by atoms with Gasteiger partial charge in [0.2, 0.25) is 0 Å². The first kappa shape index (κ1) is 18.5. The van der Waals surface area contributed by atoms with Crippen molar-refractivity contribution in [2.45, 2.75) is 37.1 Å². The minimum absolute atomic E-state index is 0.300. The number of rotatable bonds is 6. The molecule has 0 saturated carbocycles. The van der Waals surface area contributed by atoms with Gasteiger partial charge in [-0.15, -0.1) is 10.2 Å². The number of halogens is 1. The van der Waals surface area contributed by atoms with Crippen LogP contribution in [0.2, 0.25) is 5.02 Å². The van der Waals surface area contributed by atoms with Gasteiger partial charge in [0.25, 0.3) is 0 Å². The van der Waals surface area contributed by atoms with Crippen LogP contribution in [0, 0.1) is 0 Å². The molecule has 0 amide bonds. The Morgan fingerprint density at radius 2 is 1.85 bits per heavy atom. The Bertz CT molecular complexity index is 878. The highest BCUT2D eigenvalue weighted by Crippen LogP contribution is 2.31. The molecule has 0 unspecified atom stereocenters. The molecule has 4 rings (SSSR count). The highest BCUT2D eigenvalue weighted by molar-refractivity contribution is 7.99. The Kier molecular flexibility index (Phi) is 6.12. The summed E-state index contributed by atoms with van der Waals surface area (Å²) in [5.41, 5.74) is 2.12. The van der Waals surface area contributed by atoms with Gasteiger partial charge in [0.15, 0.2) is 11.0 Å². The second-order valence-corrected chi connectivity index (χ2v) is 8.05. The summed E-state index contributed by atoms with van der Waals surface area (Å²) < 4.78 is 8.03. The molecule has 1 aliphatic rings. The molecule has 0 aliphatic carbocycles. The van der Waals surface area contributed by atoms with Gasteiger partial charge < -0.3 is 4.74 Å². The highest BCUT2D eigenvalue weighted by atomic mass is 35.5. The van der Waals surface area contributed by atoms with E-state index in [0.29, 0.717) is 17.7 Å². The summed E-state index contributed by atoms with van der Waals surface area (Å²) in [6.07, 6.45) is 3.83. The van der Waals surface area contributed by atoms with E-state index in [1.807, 2.05) is 30.3 Å². The third-order valence-corrected chi connectivity index (χ3v) is 6.12. The predicted octanol–water partition coefficient (Wildman–Crippen LogP) is 5.31. The molecular formula is C21H22ClN3OS. The molecule has 0 bridgehead atoms. The van der Waals surface area contributed by atoms with Gasteiger partial charge in [-0.25, -0.2) is 0 Å². The summed E-state index contributed by atoms with van der Waals surface area (Å²) in [7, 11) is 0. The number of hydrogen-bond donors (Lipinski definition) is 0. The van der Waals surface area contributed by atoms with Crippen LogP contribution in [-0.4, -0.2) is 33.2 Å². The quantitative estimate of drug-likeness (QED) is 0.527. The standard InChI is InChI=1S/C21H22ClN3OS/c22-19-12-5-4-11-18(19)20-23-24-21(27-15-17-10-6-7-13-26-17)25(20)14-16-8-2-1-3-9-16/h1-5,8-9,11-12,17H,6-7,10,13-15H2/t17-/m1/s1. The van der Waals surface area contributed by atoms with Crippen molar-refractivity contribution in [2.75, 3.05) is 12.4 Å². The van der Waals surface area contributed by atoms with E-state index in [2.05, 4.69) is 39.0 Å². The Morgan fingerprint density at radius 3 is 2.63 bits per heavy atom. The molecule has 6 heteroatoms. The number of nitrogens with zero attached hydrogens (tertiary/aromatic N) is 3. The molecule has 0 radical (unpaired) electrons. The number of thioether (sulfide) groups is 1. The molecule has 0 N–H and O–H groups in total. The van der Waals surface area contributed by atoms with Gasteiger partial charge in [0.05, 0.1) is 17.7 Å². The highest BCUT2D eigenvalue weighted by Gasteiger charge is 2.20. The van der Waals surface area contributed by atoms with Crippen LogP contribution < -0.4 is 0 Å². The van der Waals surface area contributed by atoms with Crippen molar-refractivity contribution in [1.29, 1.82) is 0 Å². The van der Waals surface area contributed by atoms with Crippen molar-refractivity contribution in [1.82, 2.24) is 14.8 Å². The SMILES string of the molecule is Clc1ccccc1-c1nnc(SC[C@H]2CCCCO2)n1Cc1ccccc1. The molecule has 2 aromatic carbocycles. The van der Waals surface area contributed by atoms with E-state index in [0.717, 1.165) is 35.3 Å². The van der Waals surface area contributed by atoms with Gasteiger partial charge in [-0.3, -0.25) is 4.57 Å². The van der Waals surface area contributed by atoms with Crippen molar-refractivity contribution in [3.8, 4) is 11.4 Å². The minimum atomic E-state index is 0.300. The maximum Gasteiger partial charge on any atom is 0.191 e. The van der Waals surface area contributed by atoms with E-state index >= 15 is 0 Å². The minimum Gasteiger partial charge on any atom is -0.377 e. The van der Waals surface area contributed by atoms with Crippen molar-refractivity contribution >= 4 is 23.4 Å².